The third kappa shape index (κ3) is 18.0. The smallest absolute Gasteiger partial charge is 0.187 e. The van der Waals surface area contributed by atoms with Crippen molar-refractivity contribution in [1.29, 1.82) is 0 Å². The highest BCUT2D eigenvalue weighted by atomic mass is 16.8. The maximum absolute atomic E-state index is 12.6. The van der Waals surface area contributed by atoms with Gasteiger partial charge < -0.3 is 72.2 Å². The van der Waals surface area contributed by atoms with Crippen molar-refractivity contribution in [1.82, 2.24) is 0 Å². The van der Waals surface area contributed by atoms with Crippen LogP contribution >= 0.6 is 0 Å². The predicted molar refractivity (Wildman–Crippen MR) is 340 cm³/mol. The zero-order valence-electron chi connectivity index (χ0n) is 51.0. The van der Waals surface area contributed by atoms with Gasteiger partial charge in [-0.3, -0.25) is 0 Å². The van der Waals surface area contributed by atoms with Crippen molar-refractivity contribution in [3.8, 4) is 0 Å². The lowest BCUT2D eigenvalue weighted by molar-refractivity contribution is -0.372. The average Bonchev–Trinajstić information content (AvgIpc) is 0.827. The second-order valence-corrected chi connectivity index (χ2v) is 23.0. The van der Waals surface area contributed by atoms with Crippen molar-refractivity contribution in [3.63, 3.8) is 0 Å². The molecule has 2 heterocycles. The van der Waals surface area contributed by atoms with Gasteiger partial charge in [0.05, 0.1) is 66.1 Å². The summed E-state index contributed by atoms with van der Waals surface area (Å²) in [5.74, 6) is 0. The van der Waals surface area contributed by atoms with Crippen molar-refractivity contribution in [2.45, 2.75) is 151 Å². The zero-order chi connectivity index (χ0) is 63.1. The summed E-state index contributed by atoms with van der Waals surface area (Å²) in [6.07, 6.45) is -18.9. The van der Waals surface area contributed by atoms with E-state index in [-0.39, 0.29) is 59.5 Å². The Morgan fingerprint density at radius 1 is 0.326 bits per heavy atom. The maximum atomic E-state index is 12.6. The second kappa shape index (κ2) is 34.4. The Bertz CT molecular complexity index is 3410. The molecule has 8 aromatic rings. The van der Waals surface area contributed by atoms with Gasteiger partial charge in [0, 0.05) is 4.91 Å². The fourth-order valence-electron chi connectivity index (χ4n) is 11.8. The molecule has 11 rings (SSSR count). The second-order valence-electron chi connectivity index (χ2n) is 23.0. The van der Waals surface area contributed by atoms with Crippen LogP contribution < -0.4 is 0 Å². The van der Waals surface area contributed by atoms with Crippen LogP contribution in [0.25, 0.3) is 10.4 Å². The van der Waals surface area contributed by atoms with E-state index in [1.54, 1.807) is 0 Å². The van der Waals surface area contributed by atoms with Crippen molar-refractivity contribution < 1.29 is 72.2 Å². The van der Waals surface area contributed by atoms with Gasteiger partial charge in [0.2, 0.25) is 0 Å². The highest BCUT2D eigenvalue weighted by Crippen LogP contribution is 2.40. The lowest BCUT2D eigenvalue weighted by atomic mass is 9.83. The van der Waals surface area contributed by atoms with E-state index in [1.807, 2.05) is 243 Å². The molecule has 2 saturated heterocycles. The van der Waals surface area contributed by atoms with E-state index in [9.17, 15) is 20.9 Å². The molecule has 3 fully saturated rings. The lowest BCUT2D eigenvalue weighted by Crippen LogP contribution is -2.69. The van der Waals surface area contributed by atoms with Gasteiger partial charge in [-0.25, -0.2) is 0 Å². The van der Waals surface area contributed by atoms with Crippen LogP contribution in [-0.4, -0.2) is 127 Å². The van der Waals surface area contributed by atoms with E-state index in [4.69, 9.17) is 56.8 Å². The first-order valence-electron chi connectivity index (χ1n) is 31.2. The number of ether oxygens (including phenoxy) is 12. The van der Waals surface area contributed by atoms with Crippen molar-refractivity contribution in [2.75, 3.05) is 13.2 Å². The Hall–Kier alpha value is -7.53. The summed E-state index contributed by atoms with van der Waals surface area (Å²) in [7, 11) is 0. The van der Waals surface area contributed by atoms with Crippen LogP contribution in [0, 0.1) is 0 Å². The molecule has 3 N–H and O–H groups in total. The van der Waals surface area contributed by atoms with E-state index in [0.29, 0.717) is 0 Å². The van der Waals surface area contributed by atoms with Crippen LogP contribution in [0.1, 0.15) is 44.5 Å². The first kappa shape index (κ1) is 65.9. The zero-order valence-corrected chi connectivity index (χ0v) is 51.0. The number of hydrogen-bond donors (Lipinski definition) is 3. The molecule has 1 saturated carbocycles. The third-order valence-corrected chi connectivity index (χ3v) is 16.5. The molecule has 18 heteroatoms. The molecule has 480 valence electrons. The Morgan fingerprint density at radius 2 is 0.620 bits per heavy atom. The van der Waals surface area contributed by atoms with E-state index in [1.165, 1.54) is 0 Å². The van der Waals surface area contributed by atoms with Gasteiger partial charge in [0.1, 0.15) is 85.4 Å². The molecular formula is C74H79N3O15. The van der Waals surface area contributed by atoms with Gasteiger partial charge in [-0.1, -0.05) is 248 Å². The summed E-state index contributed by atoms with van der Waals surface area (Å²) in [5, 5.41) is 41.1. The number of benzene rings is 8. The Balaban J connectivity index is 0.964. The molecule has 0 amide bonds. The first-order chi connectivity index (χ1) is 45.4. The van der Waals surface area contributed by atoms with Crippen LogP contribution in [0.4, 0.5) is 0 Å². The Morgan fingerprint density at radius 3 is 1.00 bits per heavy atom. The third-order valence-electron chi connectivity index (χ3n) is 16.5. The van der Waals surface area contributed by atoms with E-state index in [2.05, 4.69) is 10.0 Å². The number of aliphatic hydroxyl groups excluding tert-OH is 3. The summed E-state index contributed by atoms with van der Waals surface area (Å²) in [4.78, 5) is 3.35. The van der Waals surface area contributed by atoms with Gasteiger partial charge in [-0.15, -0.1) is 0 Å². The van der Waals surface area contributed by atoms with Crippen LogP contribution in [0.15, 0.2) is 248 Å². The molecule has 8 aromatic carbocycles. The van der Waals surface area contributed by atoms with Crippen LogP contribution in [0.2, 0.25) is 0 Å². The fourth-order valence-corrected chi connectivity index (χ4v) is 11.8. The number of rotatable bonds is 31. The predicted octanol–water partition coefficient (Wildman–Crippen LogP) is 10.9. The maximum Gasteiger partial charge on any atom is 0.187 e. The molecule has 1 aliphatic carbocycles. The monoisotopic (exact) mass is 1250 g/mol. The van der Waals surface area contributed by atoms with Crippen molar-refractivity contribution in [3.05, 3.63) is 298 Å². The number of azide groups is 1. The van der Waals surface area contributed by atoms with Gasteiger partial charge in [-0.05, 0) is 50.0 Å². The minimum absolute atomic E-state index is 0.0118. The number of hydrogen-bond acceptors (Lipinski definition) is 16. The Kier molecular flexibility index (Phi) is 24.7. The standard InChI is InChI=1S/C74H79N3O15/c75-77-76-61-66(83-44-53-29-13-3-14-30-53)65(59(41-78)89-73(61)92-68-63(80)62(79)67(84-45-54-31-15-4-16-32-54)70(86-47-56-35-19-6-20-36-56)71(68)87-48-57-37-21-7-22-38-57)91-74-72(88-49-58-39-23-8-24-40-58)69(85-46-55-33-17-5-18-34-55)64(82-43-52-27-11-2-12-28-52)60(90-74)50-81-42-51-25-9-1-10-26-51/h1-40,59-74,78-80H,41-50H2/t59-,60-,61-,62+,63-,64+,65-,66-,67+,68+,69+,70-,71-,72-,73-,74-/m1/s1. The molecular weight excluding hydrogens is 1170 g/mol. The van der Waals surface area contributed by atoms with Crippen molar-refractivity contribution >= 4 is 0 Å². The highest BCUT2D eigenvalue weighted by Gasteiger charge is 2.58. The molecule has 92 heavy (non-hydrogen) atoms. The van der Waals surface area contributed by atoms with Gasteiger partial charge in [0.15, 0.2) is 12.6 Å². The molecule has 0 radical (unpaired) electrons. The molecule has 18 nitrogen and oxygen atoms in total. The van der Waals surface area contributed by atoms with Crippen LogP contribution in [0.3, 0.4) is 0 Å². The molecule has 0 spiro atoms. The van der Waals surface area contributed by atoms with Crippen LogP contribution in [-0.2, 0) is 110 Å². The topological polar surface area (TPSA) is 220 Å². The summed E-state index contributed by atoms with van der Waals surface area (Å²) in [6.45, 7) is 0.112. The molecule has 3 aliphatic rings. The van der Waals surface area contributed by atoms with Crippen LogP contribution in [0.5, 0.6) is 0 Å². The summed E-state index contributed by atoms with van der Waals surface area (Å²) >= 11 is 0. The summed E-state index contributed by atoms with van der Waals surface area (Å²) in [6, 6.07) is 75.5. The lowest BCUT2D eigenvalue weighted by Gasteiger charge is -2.51. The van der Waals surface area contributed by atoms with Gasteiger partial charge in [-0.2, -0.15) is 0 Å². The molecule has 2 aliphatic heterocycles. The molecule has 0 aromatic heterocycles. The SMILES string of the molecule is [N-]=[N+]=N[C@H]1[C@@H](O[C@H]2[C@H](O)[C@H](O)[C@H](OCc3ccccc3)[C@@H](OCc3ccccc3)[C@@H]2OCc2ccccc2)O[C@H](CO)[C@@H](O[C@H]2O[C@H](COCc3ccccc3)[C@H](OCc3ccccc3)[C@H](OCc3ccccc3)[C@H]2OCc2ccccc2)[C@@H]1OCc1ccccc1. The first-order valence-corrected chi connectivity index (χ1v) is 31.2. The average molecular weight is 1250 g/mol. The van der Waals surface area contributed by atoms with Gasteiger partial charge >= 0.3 is 0 Å². The fraction of sp³-hybridized carbons (Fsp3) is 0.351. The minimum atomic E-state index is -1.72. The summed E-state index contributed by atoms with van der Waals surface area (Å²) in [5.41, 5.74) is 17.5. The molecule has 16 atom stereocenters. The number of aliphatic hydroxyl groups is 3. The van der Waals surface area contributed by atoms with Crippen molar-refractivity contribution in [2.24, 2.45) is 5.11 Å². The Labute approximate surface area is 536 Å². The normalized spacial score (nSPS) is 27.2. The highest BCUT2D eigenvalue weighted by molar-refractivity contribution is 5.20. The number of nitrogens with zero attached hydrogens (tertiary/aromatic N) is 3. The van der Waals surface area contributed by atoms with E-state index < -0.39 is 105 Å². The minimum Gasteiger partial charge on any atom is -0.394 e. The van der Waals surface area contributed by atoms with E-state index in [0.717, 1.165) is 44.5 Å². The molecule has 0 unspecified atom stereocenters. The summed E-state index contributed by atoms with van der Waals surface area (Å²) < 4.78 is 83.0. The largest absolute Gasteiger partial charge is 0.394 e. The van der Waals surface area contributed by atoms with Gasteiger partial charge in [0.25, 0.3) is 0 Å². The van der Waals surface area contributed by atoms with E-state index >= 15 is 0 Å². The molecule has 0 bridgehead atoms. The quantitative estimate of drug-likeness (QED) is 0.0209.